The van der Waals surface area contributed by atoms with Crippen LogP contribution in [0.15, 0.2) is 0 Å². The number of hydrogen-bond acceptors (Lipinski definition) is 2. The van der Waals surface area contributed by atoms with Gasteiger partial charge in [-0.25, -0.2) is 0 Å². The second-order valence-electron chi connectivity index (χ2n) is 2.73. The first-order chi connectivity index (χ1) is 4.72. The molecule has 2 atom stereocenters. The Labute approximate surface area is 64.0 Å². The number of nitrogens with one attached hydrogen (secondary N) is 1. The fourth-order valence-corrected chi connectivity index (χ4v) is 0.770. The van der Waals surface area contributed by atoms with Gasteiger partial charge < -0.3 is 10.1 Å². The summed E-state index contributed by atoms with van der Waals surface area (Å²) in [5, 5.41) is 3.28. The highest BCUT2D eigenvalue weighted by Gasteiger charge is 2.08. The molecule has 0 heterocycles. The van der Waals surface area contributed by atoms with Crippen molar-refractivity contribution < 1.29 is 4.74 Å². The Balaban J connectivity index is 3.31. The van der Waals surface area contributed by atoms with E-state index in [1.54, 1.807) is 7.11 Å². The molecule has 0 saturated heterocycles. The van der Waals surface area contributed by atoms with Crippen LogP contribution in [0.1, 0.15) is 20.8 Å². The maximum absolute atomic E-state index is 5.17. The number of rotatable bonds is 5. The SMILES string of the molecule is CCNCC(C)C(C)OC. The zero-order valence-corrected chi connectivity index (χ0v) is 7.48. The molecule has 0 aromatic carbocycles. The normalized spacial score (nSPS) is 16.8. The van der Waals surface area contributed by atoms with E-state index in [0.29, 0.717) is 12.0 Å². The van der Waals surface area contributed by atoms with Gasteiger partial charge in [0.15, 0.2) is 0 Å². The standard InChI is InChI=1S/C8H19NO/c1-5-9-6-7(2)8(3)10-4/h7-9H,5-6H2,1-4H3. The van der Waals surface area contributed by atoms with Gasteiger partial charge in [0, 0.05) is 13.7 Å². The van der Waals surface area contributed by atoms with Crippen LogP contribution in [0.4, 0.5) is 0 Å². The minimum absolute atomic E-state index is 0.360. The van der Waals surface area contributed by atoms with Gasteiger partial charge in [0.25, 0.3) is 0 Å². The minimum Gasteiger partial charge on any atom is -0.381 e. The summed E-state index contributed by atoms with van der Waals surface area (Å²) in [6, 6.07) is 0. The van der Waals surface area contributed by atoms with Crippen LogP contribution >= 0.6 is 0 Å². The van der Waals surface area contributed by atoms with Gasteiger partial charge in [-0.05, 0) is 19.4 Å². The first-order valence-corrected chi connectivity index (χ1v) is 3.95. The number of ether oxygens (including phenoxy) is 1. The molecule has 0 aromatic heterocycles. The molecule has 62 valence electrons. The van der Waals surface area contributed by atoms with Crippen molar-refractivity contribution in [3.63, 3.8) is 0 Å². The second-order valence-corrected chi connectivity index (χ2v) is 2.73. The summed E-state index contributed by atoms with van der Waals surface area (Å²) in [6.45, 7) is 8.50. The lowest BCUT2D eigenvalue weighted by Crippen LogP contribution is -2.28. The van der Waals surface area contributed by atoms with Crippen molar-refractivity contribution in [3.8, 4) is 0 Å². The van der Waals surface area contributed by atoms with E-state index in [4.69, 9.17) is 4.74 Å². The lowest BCUT2D eigenvalue weighted by atomic mass is 10.1. The van der Waals surface area contributed by atoms with Crippen LogP contribution in [0.5, 0.6) is 0 Å². The third kappa shape index (κ3) is 3.85. The van der Waals surface area contributed by atoms with Gasteiger partial charge >= 0.3 is 0 Å². The Morgan fingerprint density at radius 2 is 2.00 bits per heavy atom. The van der Waals surface area contributed by atoms with Crippen molar-refractivity contribution in [3.05, 3.63) is 0 Å². The van der Waals surface area contributed by atoms with Gasteiger partial charge in [-0.3, -0.25) is 0 Å². The van der Waals surface area contributed by atoms with E-state index >= 15 is 0 Å². The molecule has 0 saturated carbocycles. The molecule has 0 bridgehead atoms. The molecule has 0 radical (unpaired) electrons. The monoisotopic (exact) mass is 145 g/mol. The van der Waals surface area contributed by atoms with Crippen LogP contribution in [0.25, 0.3) is 0 Å². The molecular weight excluding hydrogens is 126 g/mol. The zero-order valence-electron chi connectivity index (χ0n) is 7.48. The molecule has 0 amide bonds. The van der Waals surface area contributed by atoms with Crippen molar-refractivity contribution in [2.45, 2.75) is 26.9 Å². The summed E-state index contributed by atoms with van der Waals surface area (Å²) < 4.78 is 5.17. The molecule has 0 fully saturated rings. The minimum atomic E-state index is 0.360. The van der Waals surface area contributed by atoms with E-state index in [-0.39, 0.29) is 0 Å². The molecule has 0 aliphatic rings. The smallest absolute Gasteiger partial charge is 0.0580 e. The van der Waals surface area contributed by atoms with E-state index in [2.05, 4.69) is 26.1 Å². The van der Waals surface area contributed by atoms with Crippen molar-refractivity contribution in [1.82, 2.24) is 5.32 Å². The van der Waals surface area contributed by atoms with Crippen LogP contribution < -0.4 is 5.32 Å². The summed E-state index contributed by atoms with van der Waals surface area (Å²) in [5.41, 5.74) is 0. The Hall–Kier alpha value is -0.0800. The maximum Gasteiger partial charge on any atom is 0.0580 e. The van der Waals surface area contributed by atoms with Crippen molar-refractivity contribution >= 4 is 0 Å². The first-order valence-electron chi connectivity index (χ1n) is 3.95. The van der Waals surface area contributed by atoms with Gasteiger partial charge in [-0.1, -0.05) is 13.8 Å². The van der Waals surface area contributed by atoms with Crippen molar-refractivity contribution in [1.29, 1.82) is 0 Å². The Bertz CT molecular complexity index is 75.7. The van der Waals surface area contributed by atoms with Gasteiger partial charge in [0.1, 0.15) is 0 Å². The predicted molar refractivity (Wildman–Crippen MR) is 44.2 cm³/mol. The predicted octanol–water partition coefficient (Wildman–Crippen LogP) is 1.27. The van der Waals surface area contributed by atoms with E-state index in [1.807, 2.05) is 0 Å². The van der Waals surface area contributed by atoms with E-state index < -0.39 is 0 Å². The van der Waals surface area contributed by atoms with Crippen LogP contribution in [0.3, 0.4) is 0 Å². The van der Waals surface area contributed by atoms with Crippen LogP contribution in [0.2, 0.25) is 0 Å². The Kier molecular flexibility index (Phi) is 5.64. The number of hydrogen-bond donors (Lipinski definition) is 1. The fraction of sp³-hybridized carbons (Fsp3) is 1.00. The van der Waals surface area contributed by atoms with Gasteiger partial charge in [-0.15, -0.1) is 0 Å². The molecule has 0 rings (SSSR count). The highest BCUT2D eigenvalue weighted by molar-refractivity contribution is 4.62. The molecule has 0 spiro atoms. The summed E-state index contributed by atoms with van der Waals surface area (Å²) in [5.74, 6) is 0.602. The molecule has 2 unspecified atom stereocenters. The van der Waals surface area contributed by atoms with Crippen molar-refractivity contribution in [2.75, 3.05) is 20.2 Å². The highest BCUT2D eigenvalue weighted by Crippen LogP contribution is 2.03. The molecule has 1 N–H and O–H groups in total. The zero-order chi connectivity index (χ0) is 7.98. The fourth-order valence-electron chi connectivity index (χ4n) is 0.770. The van der Waals surface area contributed by atoms with Gasteiger partial charge in [0.05, 0.1) is 6.10 Å². The second kappa shape index (κ2) is 5.69. The maximum atomic E-state index is 5.17. The van der Waals surface area contributed by atoms with Crippen molar-refractivity contribution in [2.24, 2.45) is 5.92 Å². The molecule has 0 aliphatic carbocycles. The van der Waals surface area contributed by atoms with Crippen LogP contribution in [-0.4, -0.2) is 26.3 Å². The molecule has 0 aromatic rings. The van der Waals surface area contributed by atoms with E-state index in [9.17, 15) is 0 Å². The first kappa shape index (κ1) is 9.92. The van der Waals surface area contributed by atoms with E-state index in [1.165, 1.54) is 0 Å². The molecule has 10 heavy (non-hydrogen) atoms. The average Bonchev–Trinajstić information content (AvgIpc) is 1.98. The largest absolute Gasteiger partial charge is 0.381 e. The average molecular weight is 145 g/mol. The third-order valence-electron chi connectivity index (χ3n) is 1.89. The quantitative estimate of drug-likeness (QED) is 0.629. The lowest BCUT2D eigenvalue weighted by Gasteiger charge is -2.18. The van der Waals surface area contributed by atoms with Gasteiger partial charge in [-0.2, -0.15) is 0 Å². The highest BCUT2D eigenvalue weighted by atomic mass is 16.5. The van der Waals surface area contributed by atoms with Crippen LogP contribution in [-0.2, 0) is 4.74 Å². The van der Waals surface area contributed by atoms with Gasteiger partial charge in [0.2, 0.25) is 0 Å². The number of methoxy groups -OCH3 is 1. The molecular formula is C8H19NO. The summed E-state index contributed by atoms with van der Waals surface area (Å²) in [4.78, 5) is 0. The van der Waals surface area contributed by atoms with E-state index in [0.717, 1.165) is 13.1 Å². The summed E-state index contributed by atoms with van der Waals surface area (Å²) >= 11 is 0. The Morgan fingerprint density at radius 1 is 1.40 bits per heavy atom. The Morgan fingerprint density at radius 3 is 2.40 bits per heavy atom. The molecule has 2 nitrogen and oxygen atoms in total. The summed E-state index contributed by atoms with van der Waals surface area (Å²) in [6.07, 6.45) is 0.360. The topological polar surface area (TPSA) is 21.3 Å². The van der Waals surface area contributed by atoms with Crippen LogP contribution in [0, 0.1) is 5.92 Å². The summed E-state index contributed by atoms with van der Waals surface area (Å²) in [7, 11) is 1.76. The molecule has 0 aliphatic heterocycles. The molecule has 2 heteroatoms. The lowest BCUT2D eigenvalue weighted by molar-refractivity contribution is 0.0737. The third-order valence-corrected chi connectivity index (χ3v) is 1.89.